The van der Waals surface area contributed by atoms with Gasteiger partial charge in [0.15, 0.2) is 0 Å². The van der Waals surface area contributed by atoms with Crippen LogP contribution in [-0.4, -0.2) is 33.9 Å². The summed E-state index contributed by atoms with van der Waals surface area (Å²) in [5, 5.41) is 0. The Kier molecular flexibility index (Phi) is 3.97. The SMILES string of the molecule is CCN(CC)C(=O)CCc1nc2ccccc2[nH]1. The molecule has 4 nitrogen and oxygen atoms in total. The van der Waals surface area contributed by atoms with E-state index in [1.807, 2.05) is 43.0 Å². The first-order chi connectivity index (χ1) is 8.74. The van der Waals surface area contributed by atoms with Gasteiger partial charge in [0.05, 0.1) is 11.0 Å². The number of fused-ring (bicyclic) bond motifs is 1. The molecule has 1 amide bonds. The third-order valence-corrected chi connectivity index (χ3v) is 3.13. The standard InChI is InChI=1S/C14H19N3O/c1-3-17(4-2)14(18)10-9-13-15-11-7-5-6-8-12(11)16-13/h5-8H,3-4,9-10H2,1-2H3,(H,15,16). The molecule has 0 aliphatic carbocycles. The number of rotatable bonds is 5. The maximum absolute atomic E-state index is 11.9. The summed E-state index contributed by atoms with van der Waals surface area (Å²) in [6.07, 6.45) is 1.19. The van der Waals surface area contributed by atoms with Crippen LogP contribution in [0.5, 0.6) is 0 Å². The molecular weight excluding hydrogens is 226 g/mol. The van der Waals surface area contributed by atoms with Gasteiger partial charge < -0.3 is 9.88 Å². The third-order valence-electron chi connectivity index (χ3n) is 3.13. The van der Waals surface area contributed by atoms with Crippen LogP contribution >= 0.6 is 0 Å². The van der Waals surface area contributed by atoms with Crippen molar-refractivity contribution in [3.05, 3.63) is 30.1 Å². The quantitative estimate of drug-likeness (QED) is 0.879. The van der Waals surface area contributed by atoms with Crippen LogP contribution in [0.15, 0.2) is 24.3 Å². The highest BCUT2D eigenvalue weighted by Gasteiger charge is 2.10. The van der Waals surface area contributed by atoms with Gasteiger partial charge in [-0.15, -0.1) is 0 Å². The Morgan fingerprint density at radius 3 is 2.67 bits per heavy atom. The van der Waals surface area contributed by atoms with Crippen LogP contribution in [0.25, 0.3) is 11.0 Å². The van der Waals surface area contributed by atoms with E-state index < -0.39 is 0 Å². The molecule has 1 heterocycles. The van der Waals surface area contributed by atoms with Crippen molar-refractivity contribution in [2.45, 2.75) is 26.7 Å². The molecule has 0 saturated heterocycles. The number of carbonyl (C=O) groups is 1. The molecule has 0 bridgehead atoms. The van der Waals surface area contributed by atoms with Crippen LogP contribution in [0.1, 0.15) is 26.1 Å². The molecule has 4 heteroatoms. The van der Waals surface area contributed by atoms with E-state index in [1.165, 1.54) is 0 Å². The number of nitrogens with one attached hydrogen (secondary N) is 1. The Hall–Kier alpha value is -1.84. The first-order valence-electron chi connectivity index (χ1n) is 6.46. The summed E-state index contributed by atoms with van der Waals surface area (Å²) in [5.74, 6) is 1.08. The Morgan fingerprint density at radius 2 is 2.00 bits per heavy atom. The van der Waals surface area contributed by atoms with Crippen LogP contribution in [-0.2, 0) is 11.2 Å². The lowest BCUT2D eigenvalue weighted by molar-refractivity contribution is -0.130. The Labute approximate surface area is 107 Å². The molecule has 2 rings (SSSR count). The minimum Gasteiger partial charge on any atom is -0.343 e. The predicted octanol–water partition coefficient (Wildman–Crippen LogP) is 2.36. The number of hydrogen-bond acceptors (Lipinski definition) is 2. The number of aromatic amines is 1. The molecular formula is C14H19N3O. The first-order valence-corrected chi connectivity index (χ1v) is 6.46. The van der Waals surface area contributed by atoms with Gasteiger partial charge in [0.1, 0.15) is 5.82 Å². The van der Waals surface area contributed by atoms with E-state index in [1.54, 1.807) is 0 Å². The number of imidazole rings is 1. The number of para-hydroxylation sites is 2. The predicted molar refractivity (Wildman–Crippen MR) is 72.3 cm³/mol. The van der Waals surface area contributed by atoms with Crippen molar-refractivity contribution < 1.29 is 4.79 Å². The zero-order chi connectivity index (χ0) is 13.0. The van der Waals surface area contributed by atoms with Gasteiger partial charge in [0.25, 0.3) is 0 Å². The van der Waals surface area contributed by atoms with Crippen LogP contribution in [0, 0.1) is 0 Å². The molecule has 0 spiro atoms. The number of nitrogens with zero attached hydrogens (tertiary/aromatic N) is 2. The molecule has 0 aliphatic heterocycles. The summed E-state index contributed by atoms with van der Waals surface area (Å²) in [6, 6.07) is 7.92. The van der Waals surface area contributed by atoms with E-state index in [-0.39, 0.29) is 5.91 Å². The normalized spacial score (nSPS) is 10.8. The highest BCUT2D eigenvalue weighted by molar-refractivity contribution is 5.77. The highest BCUT2D eigenvalue weighted by atomic mass is 16.2. The summed E-state index contributed by atoms with van der Waals surface area (Å²) in [5.41, 5.74) is 1.99. The Bertz CT molecular complexity index is 496. The van der Waals surface area contributed by atoms with Crippen molar-refractivity contribution in [2.75, 3.05) is 13.1 Å². The van der Waals surface area contributed by atoms with Crippen LogP contribution < -0.4 is 0 Å². The van der Waals surface area contributed by atoms with Crippen LogP contribution in [0.4, 0.5) is 0 Å². The van der Waals surface area contributed by atoms with Gasteiger partial charge in [-0.05, 0) is 26.0 Å². The Morgan fingerprint density at radius 1 is 1.28 bits per heavy atom. The van der Waals surface area contributed by atoms with Gasteiger partial charge in [-0.1, -0.05) is 12.1 Å². The fraction of sp³-hybridized carbons (Fsp3) is 0.429. The lowest BCUT2D eigenvalue weighted by Gasteiger charge is -2.17. The molecule has 1 aromatic heterocycles. The average Bonchev–Trinajstić information content (AvgIpc) is 2.80. The van der Waals surface area contributed by atoms with Gasteiger partial charge in [-0.2, -0.15) is 0 Å². The summed E-state index contributed by atoms with van der Waals surface area (Å²) in [6.45, 7) is 5.55. The van der Waals surface area contributed by atoms with Crippen molar-refractivity contribution >= 4 is 16.9 Å². The molecule has 0 unspecified atom stereocenters. The number of hydrogen-bond donors (Lipinski definition) is 1. The summed E-state index contributed by atoms with van der Waals surface area (Å²) in [4.78, 5) is 21.4. The van der Waals surface area contributed by atoms with Gasteiger partial charge in [0, 0.05) is 25.9 Å². The van der Waals surface area contributed by atoms with Gasteiger partial charge in [0.2, 0.25) is 5.91 Å². The smallest absolute Gasteiger partial charge is 0.222 e. The van der Waals surface area contributed by atoms with Crippen molar-refractivity contribution in [2.24, 2.45) is 0 Å². The van der Waals surface area contributed by atoms with E-state index in [9.17, 15) is 4.79 Å². The fourth-order valence-corrected chi connectivity index (χ4v) is 2.08. The largest absolute Gasteiger partial charge is 0.343 e. The van der Waals surface area contributed by atoms with Crippen molar-refractivity contribution in [3.8, 4) is 0 Å². The average molecular weight is 245 g/mol. The minimum absolute atomic E-state index is 0.195. The first kappa shape index (κ1) is 12.6. The van der Waals surface area contributed by atoms with Gasteiger partial charge in [-0.3, -0.25) is 4.79 Å². The van der Waals surface area contributed by atoms with E-state index in [2.05, 4.69) is 9.97 Å². The number of aryl methyl sites for hydroxylation is 1. The molecule has 96 valence electrons. The monoisotopic (exact) mass is 245 g/mol. The topological polar surface area (TPSA) is 49.0 Å². The number of amides is 1. The van der Waals surface area contributed by atoms with Gasteiger partial charge >= 0.3 is 0 Å². The second kappa shape index (κ2) is 5.67. The zero-order valence-electron chi connectivity index (χ0n) is 10.9. The summed E-state index contributed by atoms with van der Waals surface area (Å²) < 4.78 is 0. The minimum atomic E-state index is 0.195. The molecule has 0 atom stereocenters. The number of H-pyrrole nitrogens is 1. The highest BCUT2D eigenvalue weighted by Crippen LogP contribution is 2.11. The van der Waals surface area contributed by atoms with Crippen LogP contribution in [0.3, 0.4) is 0 Å². The third kappa shape index (κ3) is 2.70. The second-order valence-electron chi connectivity index (χ2n) is 4.27. The van der Waals surface area contributed by atoms with E-state index >= 15 is 0 Å². The van der Waals surface area contributed by atoms with E-state index in [0.29, 0.717) is 12.8 Å². The van der Waals surface area contributed by atoms with Gasteiger partial charge in [-0.25, -0.2) is 4.98 Å². The summed E-state index contributed by atoms with van der Waals surface area (Å²) >= 11 is 0. The molecule has 2 aromatic rings. The zero-order valence-corrected chi connectivity index (χ0v) is 10.9. The lowest BCUT2D eigenvalue weighted by Crippen LogP contribution is -2.30. The number of benzene rings is 1. The fourth-order valence-electron chi connectivity index (χ4n) is 2.08. The van der Waals surface area contributed by atoms with Crippen molar-refractivity contribution in [1.29, 1.82) is 0 Å². The number of aromatic nitrogens is 2. The molecule has 0 aliphatic rings. The van der Waals surface area contributed by atoms with Crippen LogP contribution in [0.2, 0.25) is 0 Å². The van der Waals surface area contributed by atoms with E-state index in [0.717, 1.165) is 29.9 Å². The second-order valence-corrected chi connectivity index (χ2v) is 4.27. The maximum atomic E-state index is 11.9. The summed E-state index contributed by atoms with van der Waals surface area (Å²) in [7, 11) is 0. The Balaban J connectivity index is 1.99. The molecule has 0 fully saturated rings. The number of carbonyl (C=O) groups excluding carboxylic acids is 1. The molecule has 18 heavy (non-hydrogen) atoms. The molecule has 0 radical (unpaired) electrons. The molecule has 0 saturated carbocycles. The molecule has 1 aromatic carbocycles. The molecule has 1 N–H and O–H groups in total. The van der Waals surface area contributed by atoms with E-state index in [4.69, 9.17) is 0 Å². The van der Waals surface area contributed by atoms with Crippen molar-refractivity contribution in [1.82, 2.24) is 14.9 Å². The maximum Gasteiger partial charge on any atom is 0.222 e. The lowest BCUT2D eigenvalue weighted by atomic mass is 10.2. The van der Waals surface area contributed by atoms with Crippen molar-refractivity contribution in [3.63, 3.8) is 0 Å².